The van der Waals surface area contributed by atoms with E-state index in [9.17, 15) is 0 Å². The molecule has 0 unspecified atom stereocenters. The van der Waals surface area contributed by atoms with E-state index in [-0.39, 0.29) is 0 Å². The molecule has 0 saturated carbocycles. The smallest absolute Gasteiger partial charge is 0.118 e. The van der Waals surface area contributed by atoms with Crippen molar-refractivity contribution in [3.8, 4) is 5.75 Å². The van der Waals surface area contributed by atoms with E-state index in [2.05, 4.69) is 40.2 Å². The zero-order chi connectivity index (χ0) is 12.4. The van der Waals surface area contributed by atoms with E-state index in [4.69, 9.17) is 4.74 Å². The Hall–Kier alpha value is -1.81. The summed E-state index contributed by atoms with van der Waals surface area (Å²) in [5.41, 5.74) is 5.47. The monoisotopic (exact) mass is 258 g/mol. The normalized spacial score (nSPS) is 18.3. The van der Waals surface area contributed by atoms with Crippen molar-refractivity contribution in [1.82, 2.24) is 5.43 Å². The van der Waals surface area contributed by atoms with Crippen molar-refractivity contribution in [1.29, 1.82) is 0 Å². The van der Waals surface area contributed by atoms with Gasteiger partial charge in [-0.1, -0.05) is 6.07 Å². The molecule has 4 heteroatoms. The first-order valence-electron chi connectivity index (χ1n) is 5.87. The third-order valence-electron chi connectivity index (χ3n) is 3.06. The van der Waals surface area contributed by atoms with Crippen LogP contribution in [0.15, 0.2) is 46.9 Å². The maximum absolute atomic E-state index is 5.16. The van der Waals surface area contributed by atoms with E-state index in [0.717, 1.165) is 23.4 Å². The van der Waals surface area contributed by atoms with Crippen LogP contribution in [0.1, 0.15) is 22.9 Å². The second-order valence-electron chi connectivity index (χ2n) is 4.19. The van der Waals surface area contributed by atoms with E-state index in [0.29, 0.717) is 6.04 Å². The number of thiophene rings is 1. The van der Waals surface area contributed by atoms with Crippen LogP contribution in [0.25, 0.3) is 0 Å². The van der Waals surface area contributed by atoms with Crippen LogP contribution < -0.4 is 10.2 Å². The predicted molar refractivity (Wildman–Crippen MR) is 74.3 cm³/mol. The molecule has 1 aliphatic rings. The highest BCUT2D eigenvalue weighted by molar-refractivity contribution is 7.10. The van der Waals surface area contributed by atoms with Gasteiger partial charge in [0.2, 0.25) is 0 Å². The van der Waals surface area contributed by atoms with Crippen LogP contribution in [0.2, 0.25) is 0 Å². The molecule has 0 aliphatic carbocycles. The van der Waals surface area contributed by atoms with E-state index in [1.54, 1.807) is 18.4 Å². The summed E-state index contributed by atoms with van der Waals surface area (Å²) >= 11 is 1.77. The topological polar surface area (TPSA) is 33.6 Å². The zero-order valence-corrected chi connectivity index (χ0v) is 10.9. The summed E-state index contributed by atoms with van der Waals surface area (Å²) in [5.74, 6) is 0.875. The van der Waals surface area contributed by atoms with Gasteiger partial charge >= 0.3 is 0 Å². The predicted octanol–water partition coefficient (Wildman–Crippen LogP) is 3.20. The fourth-order valence-corrected chi connectivity index (χ4v) is 2.83. The van der Waals surface area contributed by atoms with Crippen LogP contribution in [0.3, 0.4) is 0 Å². The fourth-order valence-electron chi connectivity index (χ4n) is 2.06. The van der Waals surface area contributed by atoms with Gasteiger partial charge in [0.15, 0.2) is 0 Å². The Morgan fingerprint density at radius 2 is 2.11 bits per heavy atom. The lowest BCUT2D eigenvalue weighted by Gasteiger charge is -2.06. The molecule has 2 heterocycles. The van der Waals surface area contributed by atoms with Gasteiger partial charge in [0.1, 0.15) is 5.75 Å². The highest BCUT2D eigenvalue weighted by Gasteiger charge is 2.21. The largest absolute Gasteiger partial charge is 0.497 e. The first-order valence-corrected chi connectivity index (χ1v) is 6.74. The molecule has 1 atom stereocenters. The molecule has 0 amide bonds. The average molecular weight is 258 g/mol. The Labute approximate surface area is 110 Å². The minimum Gasteiger partial charge on any atom is -0.497 e. The molecule has 3 nitrogen and oxygen atoms in total. The molecule has 2 aromatic rings. The highest BCUT2D eigenvalue weighted by Crippen LogP contribution is 2.27. The van der Waals surface area contributed by atoms with Crippen molar-refractivity contribution < 1.29 is 4.74 Å². The molecule has 0 bridgehead atoms. The number of ether oxygens (including phenoxy) is 1. The van der Waals surface area contributed by atoms with Crippen LogP contribution in [0.4, 0.5) is 0 Å². The van der Waals surface area contributed by atoms with Crippen LogP contribution in [-0.2, 0) is 0 Å². The van der Waals surface area contributed by atoms with Crippen LogP contribution >= 0.6 is 11.3 Å². The van der Waals surface area contributed by atoms with Crippen LogP contribution in [0.5, 0.6) is 5.75 Å². The van der Waals surface area contributed by atoms with Gasteiger partial charge in [-0.3, -0.25) is 0 Å². The Balaban J connectivity index is 1.74. The van der Waals surface area contributed by atoms with Gasteiger partial charge in [0.25, 0.3) is 0 Å². The van der Waals surface area contributed by atoms with E-state index >= 15 is 0 Å². The minimum absolute atomic E-state index is 0.321. The number of hydrogen-bond acceptors (Lipinski definition) is 4. The van der Waals surface area contributed by atoms with E-state index in [1.165, 1.54) is 4.88 Å². The maximum atomic E-state index is 5.16. The Bertz CT molecular complexity index is 546. The van der Waals surface area contributed by atoms with Crippen molar-refractivity contribution in [2.24, 2.45) is 5.10 Å². The lowest BCUT2D eigenvalue weighted by molar-refractivity contribution is 0.415. The summed E-state index contributed by atoms with van der Waals surface area (Å²) in [6.07, 6.45) is 0.937. The van der Waals surface area contributed by atoms with Crippen molar-refractivity contribution in [3.05, 3.63) is 52.2 Å². The molecule has 0 fully saturated rings. The van der Waals surface area contributed by atoms with Gasteiger partial charge in [0, 0.05) is 11.3 Å². The molecule has 1 aromatic carbocycles. The number of benzene rings is 1. The van der Waals surface area contributed by atoms with E-state index in [1.807, 2.05) is 12.1 Å². The number of hydrazone groups is 1. The molecular formula is C14H14N2OS. The molecule has 3 rings (SSSR count). The van der Waals surface area contributed by atoms with Crippen LogP contribution in [0, 0.1) is 0 Å². The quantitative estimate of drug-likeness (QED) is 0.917. The molecule has 92 valence electrons. The lowest BCUT2D eigenvalue weighted by atomic mass is 10.0. The Morgan fingerprint density at radius 3 is 2.78 bits per heavy atom. The van der Waals surface area contributed by atoms with Gasteiger partial charge in [-0.15, -0.1) is 11.3 Å². The first kappa shape index (κ1) is 11.3. The van der Waals surface area contributed by atoms with Gasteiger partial charge in [0.05, 0.1) is 18.9 Å². The minimum atomic E-state index is 0.321. The second-order valence-corrected chi connectivity index (χ2v) is 5.17. The third kappa shape index (κ3) is 2.11. The Kier molecular flexibility index (Phi) is 3.02. The highest BCUT2D eigenvalue weighted by atomic mass is 32.1. The molecule has 0 saturated heterocycles. The molecular weight excluding hydrogens is 244 g/mol. The van der Waals surface area contributed by atoms with Crippen molar-refractivity contribution >= 4 is 17.0 Å². The van der Waals surface area contributed by atoms with Crippen molar-refractivity contribution in [2.45, 2.75) is 12.5 Å². The number of rotatable bonds is 3. The van der Waals surface area contributed by atoms with E-state index < -0.39 is 0 Å². The molecule has 18 heavy (non-hydrogen) atoms. The van der Waals surface area contributed by atoms with Crippen molar-refractivity contribution in [3.63, 3.8) is 0 Å². The number of nitrogens with one attached hydrogen (secondary N) is 1. The first-order chi connectivity index (χ1) is 8.86. The molecule has 0 radical (unpaired) electrons. The number of hydrogen-bond donors (Lipinski definition) is 1. The van der Waals surface area contributed by atoms with Gasteiger partial charge in [-0.2, -0.15) is 5.10 Å². The molecule has 1 N–H and O–H groups in total. The standard InChI is InChI=1S/C14H14N2OS/c1-17-11-6-4-10(5-7-11)12-9-13(16-15-12)14-3-2-8-18-14/h2-8,13,16H,9H2,1H3/t13-/m1/s1. The summed E-state index contributed by atoms with van der Waals surface area (Å²) in [5, 5.41) is 6.53. The molecule has 1 aromatic heterocycles. The third-order valence-corrected chi connectivity index (χ3v) is 4.05. The Morgan fingerprint density at radius 1 is 1.28 bits per heavy atom. The molecule has 0 spiro atoms. The number of nitrogens with zero attached hydrogens (tertiary/aromatic N) is 1. The summed E-state index contributed by atoms with van der Waals surface area (Å²) < 4.78 is 5.16. The van der Waals surface area contributed by atoms with Gasteiger partial charge in [-0.25, -0.2) is 0 Å². The van der Waals surface area contributed by atoms with Crippen molar-refractivity contribution in [2.75, 3.05) is 7.11 Å². The fraction of sp³-hybridized carbons (Fsp3) is 0.214. The summed E-state index contributed by atoms with van der Waals surface area (Å²) in [6.45, 7) is 0. The van der Waals surface area contributed by atoms with Crippen LogP contribution in [-0.4, -0.2) is 12.8 Å². The summed E-state index contributed by atoms with van der Waals surface area (Å²) in [6, 6.07) is 12.6. The maximum Gasteiger partial charge on any atom is 0.118 e. The summed E-state index contributed by atoms with van der Waals surface area (Å²) in [4.78, 5) is 1.34. The lowest BCUT2D eigenvalue weighted by Crippen LogP contribution is -2.07. The number of methoxy groups -OCH3 is 1. The van der Waals surface area contributed by atoms with Gasteiger partial charge < -0.3 is 10.2 Å². The second kappa shape index (κ2) is 4.82. The SMILES string of the molecule is COc1ccc(C2=NN[C@@H](c3cccs3)C2)cc1. The van der Waals surface area contributed by atoms with Gasteiger partial charge in [-0.05, 0) is 41.3 Å². The molecule has 1 aliphatic heterocycles. The average Bonchev–Trinajstić information content (AvgIpc) is 3.09. The summed E-state index contributed by atoms with van der Waals surface area (Å²) in [7, 11) is 1.68. The zero-order valence-electron chi connectivity index (χ0n) is 10.1.